The molecule has 5 heteroatoms. The number of hydrogen-bond donors (Lipinski definition) is 1. The number of rotatable bonds is 11. The number of ether oxygens (including phenoxy) is 1. The summed E-state index contributed by atoms with van der Waals surface area (Å²) in [5.41, 5.74) is 0. The minimum absolute atomic E-state index is 0. The summed E-state index contributed by atoms with van der Waals surface area (Å²) in [6.07, 6.45) is 13.1. The summed E-state index contributed by atoms with van der Waals surface area (Å²) < 4.78 is 4.87. The maximum absolute atomic E-state index is 11.6. The molecule has 0 bridgehead atoms. The van der Waals surface area contributed by atoms with Gasteiger partial charge >= 0.3 is 41.5 Å². The number of carbonyl (C=O) groups is 2. The average Bonchev–Trinajstić information content (AvgIpc) is 3.00. The molecule has 1 aliphatic rings. The Hall–Kier alpha value is 0.1000. The third-order valence-electron chi connectivity index (χ3n) is 4.04. The van der Waals surface area contributed by atoms with Crippen molar-refractivity contribution in [3.8, 4) is 0 Å². The van der Waals surface area contributed by atoms with Crippen molar-refractivity contribution in [2.24, 2.45) is 0 Å². The van der Waals surface area contributed by atoms with E-state index in [4.69, 9.17) is 4.74 Å². The van der Waals surface area contributed by atoms with E-state index in [1.807, 2.05) is 0 Å². The molecule has 1 fully saturated rings. The van der Waals surface area contributed by atoms with E-state index >= 15 is 0 Å². The molecule has 124 valence electrons. The molecule has 1 saturated heterocycles. The standard InChI is InChI=1S/C17H31NO3.Na.H/c1-2-3-4-5-6-7-8-9-10-13-16(19)21-17(20)15-12-11-14-18-15;;/h15,18H,2-14H2,1H3;;/t15-;;/m0../s1. The van der Waals surface area contributed by atoms with Crippen LogP contribution in [0.3, 0.4) is 0 Å². The van der Waals surface area contributed by atoms with Crippen LogP contribution in [0.1, 0.15) is 84.0 Å². The molecular weight excluding hydrogens is 289 g/mol. The van der Waals surface area contributed by atoms with Crippen LogP contribution in [0.15, 0.2) is 0 Å². The summed E-state index contributed by atoms with van der Waals surface area (Å²) in [6, 6.07) is -0.267. The van der Waals surface area contributed by atoms with E-state index in [1.165, 1.54) is 44.9 Å². The molecule has 1 aliphatic heterocycles. The van der Waals surface area contributed by atoms with Crippen molar-refractivity contribution in [1.29, 1.82) is 0 Å². The molecule has 1 rings (SSSR count). The first-order chi connectivity index (χ1) is 10.2. The minimum atomic E-state index is -0.395. The van der Waals surface area contributed by atoms with Gasteiger partial charge in [0, 0.05) is 6.42 Å². The topological polar surface area (TPSA) is 55.4 Å². The fourth-order valence-electron chi connectivity index (χ4n) is 2.70. The second-order valence-electron chi connectivity index (χ2n) is 6.02. The van der Waals surface area contributed by atoms with Crippen molar-refractivity contribution in [3.63, 3.8) is 0 Å². The van der Waals surface area contributed by atoms with Gasteiger partial charge in [-0.3, -0.25) is 4.79 Å². The molecular formula is C17H32NNaO3. The molecule has 4 nitrogen and oxygen atoms in total. The van der Waals surface area contributed by atoms with Gasteiger partial charge in [-0.2, -0.15) is 0 Å². The van der Waals surface area contributed by atoms with Gasteiger partial charge in [0.15, 0.2) is 0 Å². The van der Waals surface area contributed by atoms with E-state index in [2.05, 4.69) is 12.2 Å². The predicted octanol–water partition coefficient (Wildman–Crippen LogP) is 3.08. The zero-order valence-electron chi connectivity index (χ0n) is 13.5. The SMILES string of the molecule is CCCCCCCCCCCC(=O)OC(=O)[C@@H]1CCCN1.[NaH]. The quantitative estimate of drug-likeness (QED) is 0.275. The Morgan fingerprint density at radius 2 is 1.59 bits per heavy atom. The molecule has 0 spiro atoms. The van der Waals surface area contributed by atoms with Crippen LogP contribution in [0, 0.1) is 0 Å². The number of esters is 2. The molecule has 0 unspecified atom stereocenters. The number of hydrogen-bond acceptors (Lipinski definition) is 4. The Bertz CT molecular complexity index is 304. The summed E-state index contributed by atoms with van der Waals surface area (Å²) in [5.74, 6) is -0.759. The van der Waals surface area contributed by atoms with Crippen LogP contribution < -0.4 is 5.32 Å². The molecule has 0 radical (unpaired) electrons. The van der Waals surface area contributed by atoms with Gasteiger partial charge in [0.1, 0.15) is 6.04 Å². The third-order valence-corrected chi connectivity index (χ3v) is 4.04. The van der Waals surface area contributed by atoms with Gasteiger partial charge in [-0.15, -0.1) is 0 Å². The Labute approximate surface area is 157 Å². The van der Waals surface area contributed by atoms with Gasteiger partial charge in [-0.05, 0) is 25.8 Å². The fourth-order valence-corrected chi connectivity index (χ4v) is 2.70. The summed E-state index contributed by atoms with van der Waals surface area (Å²) in [7, 11) is 0. The normalized spacial score (nSPS) is 17.0. The molecule has 0 aromatic heterocycles. The second-order valence-corrected chi connectivity index (χ2v) is 6.02. The monoisotopic (exact) mass is 321 g/mol. The first kappa shape index (κ1) is 22.1. The molecule has 0 aromatic rings. The van der Waals surface area contributed by atoms with Crippen LogP contribution in [0.2, 0.25) is 0 Å². The molecule has 0 amide bonds. The number of unbranched alkanes of at least 4 members (excludes halogenated alkanes) is 8. The summed E-state index contributed by atoms with van der Waals surface area (Å²) in [4.78, 5) is 23.2. The second kappa shape index (κ2) is 14.7. The molecule has 0 aromatic carbocycles. The Morgan fingerprint density at radius 1 is 1.00 bits per heavy atom. The van der Waals surface area contributed by atoms with E-state index < -0.39 is 5.97 Å². The summed E-state index contributed by atoms with van der Waals surface area (Å²) >= 11 is 0. The first-order valence-electron chi connectivity index (χ1n) is 8.72. The predicted molar refractivity (Wildman–Crippen MR) is 91.1 cm³/mol. The summed E-state index contributed by atoms with van der Waals surface area (Å²) in [5, 5.41) is 3.04. The van der Waals surface area contributed by atoms with Crippen molar-refractivity contribution in [1.82, 2.24) is 5.32 Å². The fraction of sp³-hybridized carbons (Fsp3) is 0.882. The molecule has 22 heavy (non-hydrogen) atoms. The first-order valence-corrected chi connectivity index (χ1v) is 8.72. The number of carbonyl (C=O) groups excluding carboxylic acids is 2. The Balaban J connectivity index is 0.00000441. The van der Waals surface area contributed by atoms with E-state index in [0.29, 0.717) is 6.42 Å². The van der Waals surface area contributed by atoms with Gasteiger partial charge in [-0.1, -0.05) is 58.3 Å². The van der Waals surface area contributed by atoms with Crippen molar-refractivity contribution in [3.05, 3.63) is 0 Å². The van der Waals surface area contributed by atoms with Crippen LogP contribution in [-0.4, -0.2) is 54.1 Å². The van der Waals surface area contributed by atoms with E-state index in [9.17, 15) is 9.59 Å². The maximum atomic E-state index is 11.6. The van der Waals surface area contributed by atoms with E-state index in [0.717, 1.165) is 32.2 Å². The molecule has 0 saturated carbocycles. The Kier molecular flexibility index (Phi) is 14.7. The molecule has 1 heterocycles. The Morgan fingerprint density at radius 3 is 2.14 bits per heavy atom. The molecule has 1 atom stereocenters. The molecule has 1 N–H and O–H groups in total. The van der Waals surface area contributed by atoms with Crippen LogP contribution in [-0.2, 0) is 14.3 Å². The average molecular weight is 321 g/mol. The van der Waals surface area contributed by atoms with Gasteiger partial charge in [0.25, 0.3) is 0 Å². The van der Waals surface area contributed by atoms with Crippen LogP contribution >= 0.6 is 0 Å². The van der Waals surface area contributed by atoms with Crippen molar-refractivity contribution in [2.45, 2.75) is 90.0 Å². The summed E-state index contributed by atoms with van der Waals surface area (Å²) in [6.45, 7) is 3.07. The zero-order valence-corrected chi connectivity index (χ0v) is 13.5. The number of nitrogens with one attached hydrogen (secondary N) is 1. The van der Waals surface area contributed by atoms with Gasteiger partial charge in [0.05, 0.1) is 0 Å². The van der Waals surface area contributed by atoms with E-state index in [-0.39, 0.29) is 41.6 Å². The van der Waals surface area contributed by atoms with Gasteiger partial charge in [-0.25, -0.2) is 4.79 Å². The van der Waals surface area contributed by atoms with Crippen molar-refractivity contribution < 1.29 is 14.3 Å². The van der Waals surface area contributed by atoms with Gasteiger partial charge in [0.2, 0.25) is 0 Å². The van der Waals surface area contributed by atoms with Crippen molar-refractivity contribution >= 4 is 41.5 Å². The zero-order chi connectivity index (χ0) is 15.3. The van der Waals surface area contributed by atoms with Gasteiger partial charge < -0.3 is 10.1 Å². The van der Waals surface area contributed by atoms with Crippen LogP contribution in [0.25, 0.3) is 0 Å². The van der Waals surface area contributed by atoms with Crippen LogP contribution in [0.5, 0.6) is 0 Å². The van der Waals surface area contributed by atoms with Crippen LogP contribution in [0.4, 0.5) is 0 Å². The van der Waals surface area contributed by atoms with E-state index in [1.54, 1.807) is 0 Å². The molecule has 0 aliphatic carbocycles. The third kappa shape index (κ3) is 10.8. The van der Waals surface area contributed by atoms with Crippen molar-refractivity contribution in [2.75, 3.05) is 6.54 Å².